The van der Waals surface area contributed by atoms with Gasteiger partial charge in [-0.15, -0.1) is 0 Å². The van der Waals surface area contributed by atoms with Gasteiger partial charge < -0.3 is 15.7 Å². The molecule has 0 radical (unpaired) electrons. The van der Waals surface area contributed by atoms with Crippen molar-refractivity contribution in [2.45, 2.75) is 13.0 Å². The third kappa shape index (κ3) is 5.73. The normalized spacial score (nSPS) is 13.2. The van der Waals surface area contributed by atoms with Gasteiger partial charge in [0.25, 0.3) is 0 Å². The lowest BCUT2D eigenvalue weighted by Gasteiger charge is -2.16. The second-order valence-electron chi connectivity index (χ2n) is 4.13. The molecule has 21 heavy (non-hydrogen) atoms. The second-order valence-corrected chi connectivity index (χ2v) is 6.40. The van der Waals surface area contributed by atoms with E-state index in [4.69, 9.17) is 11.6 Å². The Morgan fingerprint density at radius 2 is 2.05 bits per heavy atom. The quantitative estimate of drug-likeness (QED) is 0.705. The van der Waals surface area contributed by atoms with Crippen LogP contribution in [0.2, 0.25) is 5.02 Å². The SMILES string of the molecule is CCS(=O)CCNC(=O)N[C@@H](C(=O)O)c1ccccc1Cl. The molecule has 0 aromatic heterocycles. The molecule has 1 rings (SSSR count). The number of carbonyl (C=O) groups excluding carboxylic acids is 1. The van der Waals surface area contributed by atoms with Crippen LogP contribution in [0.1, 0.15) is 18.5 Å². The lowest BCUT2D eigenvalue weighted by atomic mass is 10.1. The molecule has 8 heteroatoms. The summed E-state index contributed by atoms with van der Waals surface area (Å²) >= 11 is 5.94. The van der Waals surface area contributed by atoms with Crippen LogP contribution < -0.4 is 10.6 Å². The van der Waals surface area contributed by atoms with Crippen molar-refractivity contribution in [3.63, 3.8) is 0 Å². The average molecular weight is 333 g/mol. The first kappa shape index (κ1) is 17.5. The van der Waals surface area contributed by atoms with Crippen LogP contribution in [0.4, 0.5) is 4.79 Å². The first-order valence-corrected chi connectivity index (χ1v) is 8.18. The van der Waals surface area contributed by atoms with Crippen molar-refractivity contribution >= 4 is 34.4 Å². The molecule has 0 aliphatic heterocycles. The van der Waals surface area contributed by atoms with Crippen LogP contribution in [0.3, 0.4) is 0 Å². The molecule has 0 aliphatic rings. The minimum Gasteiger partial charge on any atom is -0.479 e. The number of nitrogens with one attached hydrogen (secondary N) is 2. The van der Waals surface area contributed by atoms with E-state index in [1.165, 1.54) is 6.07 Å². The summed E-state index contributed by atoms with van der Waals surface area (Å²) < 4.78 is 11.2. The maximum Gasteiger partial charge on any atom is 0.331 e. The van der Waals surface area contributed by atoms with Gasteiger partial charge in [0.15, 0.2) is 6.04 Å². The molecule has 2 atom stereocenters. The molecule has 0 saturated carbocycles. The molecular formula is C13H17ClN2O4S. The number of urea groups is 1. The molecule has 0 spiro atoms. The molecule has 6 nitrogen and oxygen atoms in total. The maximum atomic E-state index is 11.7. The highest BCUT2D eigenvalue weighted by Gasteiger charge is 2.23. The van der Waals surface area contributed by atoms with E-state index in [1.54, 1.807) is 25.1 Å². The molecule has 3 N–H and O–H groups in total. The van der Waals surface area contributed by atoms with Gasteiger partial charge in [-0.05, 0) is 6.07 Å². The van der Waals surface area contributed by atoms with Crippen molar-refractivity contribution in [3.05, 3.63) is 34.9 Å². The fourth-order valence-electron chi connectivity index (χ4n) is 1.59. The summed E-state index contributed by atoms with van der Waals surface area (Å²) in [5, 5.41) is 14.3. The van der Waals surface area contributed by atoms with E-state index in [9.17, 15) is 18.9 Å². The number of halogens is 1. The summed E-state index contributed by atoms with van der Waals surface area (Å²) in [7, 11) is -0.984. The number of hydrogen-bond acceptors (Lipinski definition) is 3. The van der Waals surface area contributed by atoms with Gasteiger partial charge in [0.05, 0.1) is 0 Å². The van der Waals surface area contributed by atoms with Crippen molar-refractivity contribution in [3.8, 4) is 0 Å². The van der Waals surface area contributed by atoms with Crippen LogP contribution in [-0.2, 0) is 15.6 Å². The molecular weight excluding hydrogens is 316 g/mol. The molecule has 0 fully saturated rings. The molecule has 1 aromatic rings. The van der Waals surface area contributed by atoms with Gasteiger partial charge in [0.2, 0.25) is 0 Å². The number of amides is 2. The van der Waals surface area contributed by atoms with E-state index in [-0.39, 0.29) is 11.6 Å². The Hall–Kier alpha value is -1.60. The fraction of sp³-hybridized carbons (Fsp3) is 0.385. The molecule has 1 unspecified atom stereocenters. The third-order valence-electron chi connectivity index (χ3n) is 2.68. The van der Waals surface area contributed by atoms with Crippen molar-refractivity contribution in [2.24, 2.45) is 0 Å². The zero-order chi connectivity index (χ0) is 15.8. The summed E-state index contributed by atoms with van der Waals surface area (Å²) in [4.78, 5) is 23.0. The number of rotatable bonds is 7. The smallest absolute Gasteiger partial charge is 0.331 e. The van der Waals surface area contributed by atoms with Crippen molar-refractivity contribution in [1.29, 1.82) is 0 Å². The van der Waals surface area contributed by atoms with Gasteiger partial charge in [0, 0.05) is 39.4 Å². The molecule has 0 bridgehead atoms. The molecule has 0 aliphatic carbocycles. The zero-order valence-corrected chi connectivity index (χ0v) is 13.0. The van der Waals surface area contributed by atoms with Gasteiger partial charge in [-0.3, -0.25) is 4.21 Å². The minimum absolute atomic E-state index is 0.209. The topological polar surface area (TPSA) is 95.5 Å². The van der Waals surface area contributed by atoms with Crippen molar-refractivity contribution < 1.29 is 18.9 Å². The monoisotopic (exact) mass is 332 g/mol. The number of carbonyl (C=O) groups is 2. The number of benzene rings is 1. The Kier molecular flexibility index (Phi) is 7.18. The van der Waals surface area contributed by atoms with E-state index in [0.717, 1.165) is 0 Å². The average Bonchev–Trinajstić information content (AvgIpc) is 2.45. The maximum absolute atomic E-state index is 11.7. The van der Waals surface area contributed by atoms with Crippen LogP contribution in [0, 0.1) is 0 Å². The highest BCUT2D eigenvalue weighted by molar-refractivity contribution is 7.84. The van der Waals surface area contributed by atoms with E-state index in [1.807, 2.05) is 0 Å². The van der Waals surface area contributed by atoms with Crippen LogP contribution in [0.5, 0.6) is 0 Å². The van der Waals surface area contributed by atoms with Gasteiger partial charge >= 0.3 is 12.0 Å². The first-order valence-electron chi connectivity index (χ1n) is 6.32. The standard InChI is InChI=1S/C13H17ClN2O4S/c1-2-21(20)8-7-15-13(19)16-11(12(17)18)9-5-3-4-6-10(9)14/h3-6,11H,2,7-8H2,1H3,(H,17,18)(H2,15,16,19)/t11-,21?/m1/s1. The molecule has 0 heterocycles. The molecule has 1 aromatic carbocycles. The van der Waals surface area contributed by atoms with Crippen molar-refractivity contribution in [1.82, 2.24) is 10.6 Å². The predicted molar refractivity (Wildman–Crippen MR) is 81.9 cm³/mol. The molecule has 116 valence electrons. The summed E-state index contributed by atoms with van der Waals surface area (Å²) in [6.45, 7) is 2.00. The van der Waals surface area contributed by atoms with Crippen LogP contribution >= 0.6 is 11.6 Å². The Morgan fingerprint density at radius 1 is 1.38 bits per heavy atom. The van der Waals surface area contributed by atoms with E-state index >= 15 is 0 Å². The van der Waals surface area contributed by atoms with Gasteiger partial charge in [-0.25, -0.2) is 9.59 Å². The van der Waals surface area contributed by atoms with Crippen LogP contribution in [0.25, 0.3) is 0 Å². The minimum atomic E-state index is -1.24. The Morgan fingerprint density at radius 3 is 2.62 bits per heavy atom. The lowest BCUT2D eigenvalue weighted by molar-refractivity contribution is -0.139. The number of carboxylic acid groups (broad SMARTS) is 1. The van der Waals surface area contributed by atoms with Gasteiger partial charge in [-0.2, -0.15) is 0 Å². The first-order chi connectivity index (χ1) is 9.95. The Bertz CT molecular complexity index is 539. The summed E-state index contributed by atoms with van der Waals surface area (Å²) in [5.41, 5.74) is 0.305. The number of carboxylic acids is 1. The van der Waals surface area contributed by atoms with Crippen molar-refractivity contribution in [2.75, 3.05) is 18.1 Å². The predicted octanol–water partition coefficient (Wildman–Crippen LogP) is 1.53. The Balaban J connectivity index is 2.63. The number of aliphatic carboxylic acids is 1. The number of hydrogen-bond donors (Lipinski definition) is 3. The second kappa shape index (κ2) is 8.63. The largest absolute Gasteiger partial charge is 0.479 e. The third-order valence-corrected chi connectivity index (χ3v) is 4.32. The van der Waals surface area contributed by atoms with Gasteiger partial charge in [-0.1, -0.05) is 36.7 Å². The molecule has 2 amide bonds. The Labute approximate surface area is 130 Å². The van der Waals surface area contributed by atoms with Gasteiger partial charge in [0.1, 0.15) is 0 Å². The zero-order valence-electron chi connectivity index (χ0n) is 11.5. The van der Waals surface area contributed by atoms with Crippen LogP contribution in [0.15, 0.2) is 24.3 Å². The summed E-state index contributed by atoms with van der Waals surface area (Å²) in [6, 6.07) is 4.52. The van der Waals surface area contributed by atoms with Crippen LogP contribution in [-0.4, -0.2) is 39.4 Å². The fourth-order valence-corrected chi connectivity index (χ4v) is 2.45. The highest BCUT2D eigenvalue weighted by Crippen LogP contribution is 2.22. The van der Waals surface area contributed by atoms with E-state index < -0.39 is 28.8 Å². The van der Waals surface area contributed by atoms with E-state index in [0.29, 0.717) is 17.1 Å². The lowest BCUT2D eigenvalue weighted by Crippen LogP contribution is -2.42. The summed E-state index contributed by atoms with van der Waals surface area (Å²) in [5.74, 6) is -0.371. The van der Waals surface area contributed by atoms with E-state index in [2.05, 4.69) is 10.6 Å². The molecule has 0 saturated heterocycles. The summed E-state index contributed by atoms with van der Waals surface area (Å²) in [6.07, 6.45) is 0. The highest BCUT2D eigenvalue weighted by atomic mass is 35.5.